The van der Waals surface area contributed by atoms with E-state index in [0.29, 0.717) is 19.0 Å². The summed E-state index contributed by atoms with van der Waals surface area (Å²) in [6.07, 6.45) is 0.931. The zero-order valence-corrected chi connectivity index (χ0v) is 12.6. The highest BCUT2D eigenvalue weighted by molar-refractivity contribution is 5.77. The van der Waals surface area contributed by atoms with E-state index < -0.39 is 0 Å². The number of nitrogens with zero attached hydrogens (tertiary/aromatic N) is 1. The first-order valence-electron chi connectivity index (χ1n) is 7.34. The van der Waals surface area contributed by atoms with Gasteiger partial charge in [0.1, 0.15) is 5.82 Å². The molecule has 0 bridgehead atoms. The van der Waals surface area contributed by atoms with Crippen LogP contribution in [0.15, 0.2) is 24.3 Å². The molecule has 4 nitrogen and oxygen atoms in total. The predicted octanol–water partition coefficient (Wildman–Crippen LogP) is 2.10. The molecule has 1 aromatic carbocycles. The molecule has 1 fully saturated rings. The van der Waals surface area contributed by atoms with Crippen molar-refractivity contribution in [1.29, 1.82) is 0 Å². The summed E-state index contributed by atoms with van der Waals surface area (Å²) < 4.78 is 18.6. The van der Waals surface area contributed by atoms with Crippen molar-refractivity contribution < 1.29 is 13.9 Å². The highest BCUT2D eigenvalue weighted by atomic mass is 19.1. The maximum absolute atomic E-state index is 13.5. The van der Waals surface area contributed by atoms with Crippen molar-refractivity contribution in [1.82, 2.24) is 4.90 Å². The third-order valence-electron chi connectivity index (χ3n) is 4.21. The Hall–Kier alpha value is -1.46. The minimum absolute atomic E-state index is 0.0194. The molecular weight excluding hydrogens is 271 g/mol. The first kappa shape index (κ1) is 15.9. The largest absolute Gasteiger partial charge is 0.380 e. The van der Waals surface area contributed by atoms with Gasteiger partial charge in [-0.05, 0) is 30.0 Å². The second-order valence-corrected chi connectivity index (χ2v) is 5.65. The number of hydrogen-bond acceptors (Lipinski definition) is 3. The molecule has 116 valence electrons. The van der Waals surface area contributed by atoms with E-state index in [1.807, 2.05) is 11.0 Å². The Balaban J connectivity index is 2.16. The number of benzene rings is 1. The van der Waals surface area contributed by atoms with Crippen LogP contribution in [0.3, 0.4) is 0 Å². The maximum Gasteiger partial charge on any atom is 0.225 e. The van der Waals surface area contributed by atoms with Gasteiger partial charge in [-0.25, -0.2) is 4.39 Å². The number of likely N-dealkylation sites (tertiary alicyclic amines) is 1. The van der Waals surface area contributed by atoms with Gasteiger partial charge in [0, 0.05) is 20.2 Å². The molecule has 1 amide bonds. The molecule has 1 heterocycles. The van der Waals surface area contributed by atoms with Gasteiger partial charge >= 0.3 is 0 Å². The summed E-state index contributed by atoms with van der Waals surface area (Å²) in [5, 5.41) is 0. The molecule has 3 unspecified atom stereocenters. The fraction of sp³-hybridized carbons (Fsp3) is 0.562. The van der Waals surface area contributed by atoms with E-state index in [0.717, 1.165) is 12.0 Å². The first-order chi connectivity index (χ1) is 10.1. The van der Waals surface area contributed by atoms with Crippen molar-refractivity contribution in [3.05, 3.63) is 35.6 Å². The van der Waals surface area contributed by atoms with Crippen LogP contribution in [0.25, 0.3) is 0 Å². The Morgan fingerprint density at radius 1 is 1.57 bits per heavy atom. The zero-order valence-electron chi connectivity index (χ0n) is 12.6. The van der Waals surface area contributed by atoms with Gasteiger partial charge in [-0.2, -0.15) is 0 Å². The van der Waals surface area contributed by atoms with Crippen LogP contribution in [0.5, 0.6) is 0 Å². The molecular formula is C16H23FN2O2. The van der Waals surface area contributed by atoms with Crippen molar-refractivity contribution in [3.63, 3.8) is 0 Å². The molecule has 1 aromatic rings. The third-order valence-corrected chi connectivity index (χ3v) is 4.21. The monoisotopic (exact) mass is 294 g/mol. The molecule has 5 heteroatoms. The van der Waals surface area contributed by atoms with Gasteiger partial charge in [0.15, 0.2) is 0 Å². The zero-order chi connectivity index (χ0) is 15.4. The Bertz CT molecular complexity index is 491. The summed E-state index contributed by atoms with van der Waals surface area (Å²) in [5.41, 5.74) is 6.43. The van der Waals surface area contributed by atoms with Crippen LogP contribution in [-0.2, 0) is 9.53 Å². The number of amides is 1. The number of nitrogens with two attached hydrogens (primary N) is 1. The Morgan fingerprint density at radius 3 is 2.95 bits per heavy atom. The number of carbonyl (C=O) groups excluding carboxylic acids is 1. The van der Waals surface area contributed by atoms with E-state index in [4.69, 9.17) is 10.5 Å². The predicted molar refractivity (Wildman–Crippen MR) is 79.1 cm³/mol. The lowest BCUT2D eigenvalue weighted by Gasteiger charge is -2.28. The topological polar surface area (TPSA) is 55.6 Å². The normalized spacial score (nSPS) is 23.3. The van der Waals surface area contributed by atoms with Gasteiger partial charge in [0.25, 0.3) is 0 Å². The van der Waals surface area contributed by atoms with Gasteiger partial charge in [-0.15, -0.1) is 0 Å². The Morgan fingerprint density at radius 2 is 2.33 bits per heavy atom. The number of ether oxygens (including phenoxy) is 1. The lowest BCUT2D eigenvalue weighted by molar-refractivity contribution is -0.134. The molecule has 0 radical (unpaired) electrons. The second kappa shape index (κ2) is 7.00. The number of rotatable bonds is 5. The fourth-order valence-electron chi connectivity index (χ4n) is 3.00. The smallest absolute Gasteiger partial charge is 0.225 e. The maximum atomic E-state index is 13.5. The van der Waals surface area contributed by atoms with E-state index in [1.54, 1.807) is 13.2 Å². The average Bonchev–Trinajstić information content (AvgIpc) is 2.86. The van der Waals surface area contributed by atoms with Crippen molar-refractivity contribution in [2.75, 3.05) is 20.2 Å². The number of methoxy groups -OCH3 is 1. The SMILES string of the molecule is COC(CN)CC(=O)N1CCC(C)C1c1cccc(F)c1. The summed E-state index contributed by atoms with van der Waals surface area (Å²) in [6.45, 7) is 3.11. The van der Waals surface area contributed by atoms with E-state index >= 15 is 0 Å². The average molecular weight is 294 g/mol. The van der Waals surface area contributed by atoms with Crippen LogP contribution in [0.2, 0.25) is 0 Å². The lowest BCUT2D eigenvalue weighted by Crippen LogP contribution is -2.36. The molecule has 1 saturated heterocycles. The standard InChI is InChI=1S/C16H23FN2O2/c1-11-6-7-19(15(20)9-14(10-18)21-2)16(11)12-4-3-5-13(17)8-12/h3-5,8,11,14,16H,6-7,9-10,18H2,1-2H3. The van der Waals surface area contributed by atoms with E-state index in [-0.39, 0.29) is 30.3 Å². The summed E-state index contributed by atoms with van der Waals surface area (Å²) in [5.74, 6) is 0.0660. The Labute approximate surface area is 125 Å². The van der Waals surface area contributed by atoms with Crippen LogP contribution in [0.1, 0.15) is 31.4 Å². The highest BCUT2D eigenvalue weighted by Gasteiger charge is 2.36. The lowest BCUT2D eigenvalue weighted by atomic mass is 9.95. The summed E-state index contributed by atoms with van der Waals surface area (Å²) in [4.78, 5) is 14.3. The van der Waals surface area contributed by atoms with Gasteiger partial charge in [-0.1, -0.05) is 19.1 Å². The van der Waals surface area contributed by atoms with Crippen LogP contribution in [0, 0.1) is 11.7 Å². The molecule has 1 aliphatic rings. The minimum Gasteiger partial charge on any atom is -0.380 e. The first-order valence-corrected chi connectivity index (χ1v) is 7.34. The third kappa shape index (κ3) is 3.60. The molecule has 2 N–H and O–H groups in total. The summed E-state index contributed by atoms with van der Waals surface area (Å²) in [6, 6.07) is 6.44. The van der Waals surface area contributed by atoms with Gasteiger partial charge in [0.05, 0.1) is 18.6 Å². The molecule has 2 rings (SSSR count). The van der Waals surface area contributed by atoms with Crippen molar-refractivity contribution >= 4 is 5.91 Å². The van der Waals surface area contributed by atoms with Crippen LogP contribution in [-0.4, -0.2) is 37.1 Å². The minimum atomic E-state index is -0.268. The number of hydrogen-bond donors (Lipinski definition) is 1. The number of carbonyl (C=O) groups is 1. The van der Waals surface area contributed by atoms with Crippen molar-refractivity contribution in [2.24, 2.45) is 11.7 Å². The Kier molecular flexibility index (Phi) is 5.31. The van der Waals surface area contributed by atoms with Crippen LogP contribution < -0.4 is 5.73 Å². The van der Waals surface area contributed by atoms with Crippen molar-refractivity contribution in [2.45, 2.75) is 31.9 Å². The molecule has 0 aliphatic carbocycles. The van der Waals surface area contributed by atoms with Gasteiger partial charge in [0.2, 0.25) is 5.91 Å². The number of halogens is 1. The summed E-state index contributed by atoms with van der Waals surface area (Å²) in [7, 11) is 1.56. The van der Waals surface area contributed by atoms with Crippen molar-refractivity contribution in [3.8, 4) is 0 Å². The van der Waals surface area contributed by atoms with Crippen LogP contribution >= 0.6 is 0 Å². The molecule has 1 aliphatic heterocycles. The summed E-state index contributed by atoms with van der Waals surface area (Å²) >= 11 is 0. The van der Waals surface area contributed by atoms with E-state index in [1.165, 1.54) is 12.1 Å². The molecule has 21 heavy (non-hydrogen) atoms. The van der Waals surface area contributed by atoms with Crippen LogP contribution in [0.4, 0.5) is 4.39 Å². The molecule has 0 spiro atoms. The molecule has 0 saturated carbocycles. The van der Waals surface area contributed by atoms with Gasteiger partial charge in [-0.3, -0.25) is 4.79 Å². The highest BCUT2D eigenvalue weighted by Crippen LogP contribution is 2.37. The van der Waals surface area contributed by atoms with E-state index in [9.17, 15) is 9.18 Å². The van der Waals surface area contributed by atoms with E-state index in [2.05, 4.69) is 6.92 Å². The second-order valence-electron chi connectivity index (χ2n) is 5.65. The quantitative estimate of drug-likeness (QED) is 0.905. The van der Waals surface area contributed by atoms with Gasteiger partial charge < -0.3 is 15.4 Å². The fourth-order valence-corrected chi connectivity index (χ4v) is 3.00. The molecule has 0 aromatic heterocycles. The molecule has 3 atom stereocenters.